The zero-order valence-corrected chi connectivity index (χ0v) is 13.4. The van der Waals surface area contributed by atoms with E-state index >= 15 is 0 Å². The zero-order chi connectivity index (χ0) is 15.7. The van der Waals surface area contributed by atoms with E-state index in [1.807, 2.05) is 6.92 Å². The van der Waals surface area contributed by atoms with Gasteiger partial charge in [-0.05, 0) is 32.7 Å². The van der Waals surface area contributed by atoms with E-state index in [0.717, 1.165) is 25.8 Å². The molecule has 1 heterocycles. The topological polar surface area (TPSA) is 67.9 Å². The number of nitrogens with zero attached hydrogens (tertiary/aromatic N) is 1. The second-order valence-electron chi connectivity index (χ2n) is 5.44. The van der Waals surface area contributed by atoms with Gasteiger partial charge in [0, 0.05) is 20.2 Å². The van der Waals surface area contributed by atoms with Crippen LogP contribution in [0.25, 0.3) is 0 Å². The molecule has 0 spiro atoms. The average molecular weight is 300 g/mol. The number of rotatable bonds is 8. The highest BCUT2D eigenvalue weighted by Crippen LogP contribution is 2.32. The highest BCUT2D eigenvalue weighted by Gasteiger charge is 2.41. The van der Waals surface area contributed by atoms with Gasteiger partial charge in [-0.2, -0.15) is 0 Å². The van der Waals surface area contributed by atoms with Crippen LogP contribution in [0, 0.1) is 5.41 Å². The molecule has 1 amide bonds. The second-order valence-corrected chi connectivity index (χ2v) is 5.44. The van der Waals surface area contributed by atoms with Gasteiger partial charge >= 0.3 is 5.97 Å². The summed E-state index contributed by atoms with van der Waals surface area (Å²) in [6.45, 7) is 6.57. The summed E-state index contributed by atoms with van der Waals surface area (Å²) in [5, 5.41) is 3.30. The Hall–Kier alpha value is -1.14. The quantitative estimate of drug-likeness (QED) is 0.672. The minimum atomic E-state index is -0.404. The number of methoxy groups -OCH3 is 1. The van der Waals surface area contributed by atoms with Gasteiger partial charge in [-0.15, -0.1) is 0 Å². The number of nitrogens with one attached hydrogen (secondary N) is 1. The molecule has 122 valence electrons. The summed E-state index contributed by atoms with van der Waals surface area (Å²) in [6.07, 6.45) is 2.61. The van der Waals surface area contributed by atoms with Gasteiger partial charge in [0.05, 0.1) is 18.6 Å². The van der Waals surface area contributed by atoms with E-state index < -0.39 is 5.41 Å². The predicted molar refractivity (Wildman–Crippen MR) is 79.9 cm³/mol. The molecule has 1 N–H and O–H groups in total. The fraction of sp³-hybridized carbons (Fsp3) is 0.867. The van der Waals surface area contributed by atoms with Crippen LogP contribution in [-0.2, 0) is 19.1 Å². The first-order valence-electron chi connectivity index (χ1n) is 7.74. The van der Waals surface area contributed by atoms with E-state index in [0.29, 0.717) is 26.3 Å². The van der Waals surface area contributed by atoms with Crippen molar-refractivity contribution >= 4 is 11.9 Å². The van der Waals surface area contributed by atoms with Crippen molar-refractivity contribution in [3.05, 3.63) is 0 Å². The van der Waals surface area contributed by atoms with Crippen molar-refractivity contribution in [1.29, 1.82) is 0 Å². The Morgan fingerprint density at radius 3 is 2.62 bits per heavy atom. The van der Waals surface area contributed by atoms with Gasteiger partial charge in [0.15, 0.2) is 0 Å². The molecule has 0 aromatic carbocycles. The van der Waals surface area contributed by atoms with E-state index in [4.69, 9.17) is 9.47 Å². The van der Waals surface area contributed by atoms with Gasteiger partial charge in [-0.1, -0.05) is 6.92 Å². The Morgan fingerprint density at radius 1 is 1.33 bits per heavy atom. The third-order valence-corrected chi connectivity index (χ3v) is 4.08. The Balaban J connectivity index is 2.78. The predicted octanol–water partition coefficient (Wildman–Crippen LogP) is 0.804. The van der Waals surface area contributed by atoms with Crippen LogP contribution in [0.15, 0.2) is 0 Å². The zero-order valence-electron chi connectivity index (χ0n) is 13.4. The summed E-state index contributed by atoms with van der Waals surface area (Å²) in [5.41, 5.74) is -0.404. The summed E-state index contributed by atoms with van der Waals surface area (Å²) in [7, 11) is 1.59. The Bertz CT molecular complexity index is 341. The number of esters is 1. The first-order chi connectivity index (χ1) is 10.1. The van der Waals surface area contributed by atoms with Gasteiger partial charge in [0.25, 0.3) is 0 Å². The number of ether oxygens (including phenoxy) is 2. The molecule has 0 bridgehead atoms. The van der Waals surface area contributed by atoms with Crippen molar-refractivity contribution in [3.63, 3.8) is 0 Å². The van der Waals surface area contributed by atoms with Crippen LogP contribution in [0.2, 0.25) is 0 Å². The molecule has 1 aliphatic heterocycles. The number of hydrogen-bond acceptors (Lipinski definition) is 5. The molecule has 1 rings (SSSR count). The fourth-order valence-corrected chi connectivity index (χ4v) is 2.76. The molecule has 0 aromatic rings. The normalized spacial score (nSPS) is 21.9. The molecule has 0 aromatic heterocycles. The molecule has 1 aliphatic rings. The Labute approximate surface area is 127 Å². The van der Waals surface area contributed by atoms with Gasteiger partial charge in [-0.3, -0.25) is 9.59 Å². The molecule has 0 radical (unpaired) electrons. The summed E-state index contributed by atoms with van der Waals surface area (Å²) >= 11 is 0. The molecule has 1 saturated heterocycles. The summed E-state index contributed by atoms with van der Waals surface area (Å²) in [6, 6.07) is 0. The highest BCUT2D eigenvalue weighted by molar-refractivity contribution is 5.86. The van der Waals surface area contributed by atoms with Crippen molar-refractivity contribution in [2.75, 3.05) is 46.5 Å². The lowest BCUT2D eigenvalue weighted by molar-refractivity contribution is -0.154. The van der Waals surface area contributed by atoms with Gasteiger partial charge < -0.3 is 19.7 Å². The minimum Gasteiger partial charge on any atom is -0.465 e. The molecule has 21 heavy (non-hydrogen) atoms. The third kappa shape index (κ3) is 4.97. The van der Waals surface area contributed by atoms with Crippen molar-refractivity contribution in [1.82, 2.24) is 10.2 Å². The molecule has 1 fully saturated rings. The maximum Gasteiger partial charge on any atom is 0.325 e. The Morgan fingerprint density at radius 2 is 2.10 bits per heavy atom. The van der Waals surface area contributed by atoms with Crippen molar-refractivity contribution < 1.29 is 19.1 Å². The van der Waals surface area contributed by atoms with E-state index in [1.165, 1.54) is 0 Å². The fourth-order valence-electron chi connectivity index (χ4n) is 2.76. The lowest BCUT2D eigenvalue weighted by Crippen LogP contribution is -2.53. The number of hydrogen-bond donors (Lipinski definition) is 1. The van der Waals surface area contributed by atoms with E-state index in [1.54, 1.807) is 18.9 Å². The number of piperidine rings is 1. The SMILES string of the molecule is CCOC(=O)CN(CCOC)C(=O)C1(CC)CCCNC1. The van der Waals surface area contributed by atoms with E-state index in [-0.39, 0.29) is 18.4 Å². The molecule has 6 heteroatoms. The number of amides is 1. The van der Waals surface area contributed by atoms with Crippen molar-refractivity contribution in [3.8, 4) is 0 Å². The summed E-state index contributed by atoms with van der Waals surface area (Å²) < 4.78 is 10.0. The van der Waals surface area contributed by atoms with Crippen LogP contribution in [0.1, 0.15) is 33.1 Å². The van der Waals surface area contributed by atoms with Crippen LogP contribution in [-0.4, -0.2) is 63.3 Å². The van der Waals surface area contributed by atoms with Gasteiger partial charge in [0.1, 0.15) is 6.54 Å². The highest BCUT2D eigenvalue weighted by atomic mass is 16.5. The van der Waals surface area contributed by atoms with Crippen LogP contribution < -0.4 is 5.32 Å². The smallest absolute Gasteiger partial charge is 0.325 e. The standard InChI is InChI=1S/C15H28N2O4/c1-4-15(7-6-8-16-12-15)14(19)17(9-10-20-3)11-13(18)21-5-2/h16H,4-12H2,1-3H3. The van der Waals surface area contributed by atoms with E-state index in [2.05, 4.69) is 5.32 Å². The van der Waals surface area contributed by atoms with Crippen LogP contribution in [0.3, 0.4) is 0 Å². The average Bonchev–Trinajstić information content (AvgIpc) is 2.51. The molecular formula is C15H28N2O4. The maximum absolute atomic E-state index is 12.9. The molecular weight excluding hydrogens is 272 g/mol. The first-order valence-corrected chi connectivity index (χ1v) is 7.74. The van der Waals surface area contributed by atoms with E-state index in [9.17, 15) is 9.59 Å². The van der Waals surface area contributed by atoms with Crippen LogP contribution in [0.5, 0.6) is 0 Å². The number of carbonyl (C=O) groups is 2. The van der Waals surface area contributed by atoms with Crippen LogP contribution >= 0.6 is 0 Å². The number of carbonyl (C=O) groups excluding carboxylic acids is 2. The maximum atomic E-state index is 12.9. The first kappa shape index (κ1) is 17.9. The summed E-state index contributed by atoms with van der Waals surface area (Å²) in [5.74, 6) is -0.334. The molecule has 0 saturated carbocycles. The molecule has 1 atom stereocenters. The molecule has 0 aliphatic carbocycles. The molecule has 1 unspecified atom stereocenters. The third-order valence-electron chi connectivity index (χ3n) is 4.08. The monoisotopic (exact) mass is 300 g/mol. The molecule has 6 nitrogen and oxygen atoms in total. The van der Waals surface area contributed by atoms with Gasteiger partial charge in [-0.25, -0.2) is 0 Å². The summed E-state index contributed by atoms with van der Waals surface area (Å²) in [4.78, 5) is 26.2. The second kappa shape index (κ2) is 9.00. The lowest BCUT2D eigenvalue weighted by atomic mass is 9.77. The Kier molecular flexibility index (Phi) is 7.67. The minimum absolute atomic E-state index is 0.00220. The van der Waals surface area contributed by atoms with Gasteiger partial charge in [0.2, 0.25) is 5.91 Å². The largest absolute Gasteiger partial charge is 0.465 e. The van der Waals surface area contributed by atoms with Crippen LogP contribution in [0.4, 0.5) is 0 Å². The lowest BCUT2D eigenvalue weighted by Gasteiger charge is -2.39. The van der Waals surface area contributed by atoms with Crippen molar-refractivity contribution in [2.24, 2.45) is 5.41 Å². The van der Waals surface area contributed by atoms with Crippen molar-refractivity contribution in [2.45, 2.75) is 33.1 Å².